The fraction of sp³-hybridized carbons (Fsp3) is 0.900. The Labute approximate surface area is 76.0 Å². The molecule has 0 atom stereocenters. The molecule has 1 N–H and O–H groups in total. The van der Waals surface area contributed by atoms with Gasteiger partial charge in [0.05, 0.1) is 0 Å². The van der Waals surface area contributed by atoms with Gasteiger partial charge in [-0.1, -0.05) is 46.5 Å². The molecule has 0 aromatic rings. The Morgan fingerprint density at radius 1 is 1.25 bits per heavy atom. The summed E-state index contributed by atoms with van der Waals surface area (Å²) in [4.78, 5) is 9.00. The molecule has 0 aromatic carbocycles. The van der Waals surface area contributed by atoms with E-state index in [0.717, 1.165) is 12.8 Å². The quantitative estimate of drug-likeness (QED) is 0.710. The van der Waals surface area contributed by atoms with Crippen LogP contribution in [0.2, 0.25) is 0 Å². The van der Waals surface area contributed by atoms with Crippen LogP contribution in [0, 0.1) is 5.92 Å². The van der Waals surface area contributed by atoms with Gasteiger partial charge in [-0.05, 0) is 5.92 Å². The minimum absolute atomic E-state index is 0.833. The Kier molecular flexibility index (Phi) is 12.2. The maximum atomic E-state index is 9.00. The number of carboxylic acid groups (broad SMARTS) is 1. The van der Waals surface area contributed by atoms with Gasteiger partial charge in [-0.2, -0.15) is 0 Å². The lowest BCUT2D eigenvalue weighted by Gasteiger charge is -2.05. The lowest BCUT2D eigenvalue weighted by Crippen LogP contribution is -1.91. The smallest absolute Gasteiger partial charge is 0.300 e. The Bertz CT molecular complexity index is 90.0. The van der Waals surface area contributed by atoms with Crippen LogP contribution in [0.4, 0.5) is 0 Å². The van der Waals surface area contributed by atoms with Gasteiger partial charge in [0.1, 0.15) is 0 Å². The molecule has 0 saturated carbocycles. The highest BCUT2D eigenvalue weighted by Gasteiger charge is 1.95. The molecule has 0 unspecified atom stereocenters. The first-order valence-corrected chi connectivity index (χ1v) is 4.74. The molecule has 0 saturated heterocycles. The van der Waals surface area contributed by atoms with Crippen LogP contribution < -0.4 is 0 Å². The van der Waals surface area contributed by atoms with Crippen LogP contribution in [0.15, 0.2) is 0 Å². The van der Waals surface area contributed by atoms with Crippen LogP contribution in [0.3, 0.4) is 0 Å². The zero-order valence-electron chi connectivity index (χ0n) is 8.76. The molecule has 2 heteroatoms. The molecule has 0 aliphatic rings. The predicted molar refractivity (Wildman–Crippen MR) is 52.3 cm³/mol. The number of carbonyl (C=O) groups is 1. The molecule has 0 aliphatic heterocycles. The molecule has 2 nitrogen and oxygen atoms in total. The average Bonchev–Trinajstić information content (AvgIpc) is 1.87. The summed E-state index contributed by atoms with van der Waals surface area (Å²) in [6.45, 7) is 7.94. The van der Waals surface area contributed by atoms with Crippen LogP contribution in [0.25, 0.3) is 0 Å². The maximum Gasteiger partial charge on any atom is 0.300 e. The number of aliphatic carboxylic acids is 1. The van der Waals surface area contributed by atoms with Gasteiger partial charge in [0.15, 0.2) is 0 Å². The molecular weight excluding hydrogens is 152 g/mol. The van der Waals surface area contributed by atoms with Gasteiger partial charge in [0.2, 0.25) is 0 Å². The van der Waals surface area contributed by atoms with Crippen molar-refractivity contribution < 1.29 is 9.90 Å². The van der Waals surface area contributed by atoms with E-state index in [2.05, 4.69) is 20.8 Å². The van der Waals surface area contributed by atoms with Gasteiger partial charge in [0, 0.05) is 6.92 Å². The average molecular weight is 174 g/mol. The molecule has 0 bridgehead atoms. The van der Waals surface area contributed by atoms with Crippen molar-refractivity contribution in [1.29, 1.82) is 0 Å². The molecule has 0 aromatic heterocycles. The van der Waals surface area contributed by atoms with Crippen LogP contribution >= 0.6 is 0 Å². The molecule has 0 amide bonds. The van der Waals surface area contributed by atoms with Gasteiger partial charge in [-0.3, -0.25) is 4.79 Å². The van der Waals surface area contributed by atoms with Crippen molar-refractivity contribution in [2.24, 2.45) is 5.92 Å². The first-order chi connectivity index (χ1) is 5.54. The van der Waals surface area contributed by atoms with Gasteiger partial charge < -0.3 is 5.11 Å². The van der Waals surface area contributed by atoms with Crippen molar-refractivity contribution in [3.8, 4) is 0 Å². The number of rotatable bonds is 4. The Balaban J connectivity index is 0. The summed E-state index contributed by atoms with van der Waals surface area (Å²) in [5, 5.41) is 7.42. The van der Waals surface area contributed by atoms with E-state index < -0.39 is 5.97 Å². The van der Waals surface area contributed by atoms with Crippen molar-refractivity contribution in [2.75, 3.05) is 0 Å². The second-order valence-electron chi connectivity index (χ2n) is 3.20. The molecule has 0 spiro atoms. The summed E-state index contributed by atoms with van der Waals surface area (Å²) in [5.74, 6) is 0.130. The third-order valence-electron chi connectivity index (χ3n) is 1.56. The summed E-state index contributed by atoms with van der Waals surface area (Å²) >= 11 is 0. The van der Waals surface area contributed by atoms with Crippen LogP contribution in [0.1, 0.15) is 53.4 Å². The fourth-order valence-corrected chi connectivity index (χ4v) is 1.13. The Morgan fingerprint density at radius 3 is 1.67 bits per heavy atom. The first-order valence-electron chi connectivity index (χ1n) is 4.74. The largest absolute Gasteiger partial charge is 0.481 e. The second kappa shape index (κ2) is 10.5. The van der Waals surface area contributed by atoms with Crippen molar-refractivity contribution in [3.05, 3.63) is 0 Å². The van der Waals surface area contributed by atoms with Gasteiger partial charge >= 0.3 is 0 Å². The normalized spacial score (nSPS) is 9.08. The van der Waals surface area contributed by atoms with Crippen molar-refractivity contribution in [3.63, 3.8) is 0 Å². The zero-order valence-corrected chi connectivity index (χ0v) is 8.76. The third-order valence-corrected chi connectivity index (χ3v) is 1.56. The van der Waals surface area contributed by atoms with Crippen molar-refractivity contribution >= 4 is 5.97 Å². The summed E-state index contributed by atoms with van der Waals surface area (Å²) in [7, 11) is 0. The van der Waals surface area contributed by atoms with Gasteiger partial charge in [0.25, 0.3) is 5.97 Å². The van der Waals surface area contributed by atoms with Crippen molar-refractivity contribution in [1.82, 2.24) is 0 Å². The van der Waals surface area contributed by atoms with Crippen LogP contribution in [0.5, 0.6) is 0 Å². The highest BCUT2D eigenvalue weighted by molar-refractivity contribution is 5.62. The Morgan fingerprint density at radius 2 is 1.50 bits per heavy atom. The van der Waals surface area contributed by atoms with E-state index in [0.29, 0.717) is 0 Å². The minimum Gasteiger partial charge on any atom is -0.481 e. The predicted octanol–water partition coefficient (Wildman–Crippen LogP) is 3.31. The summed E-state index contributed by atoms with van der Waals surface area (Å²) in [5.41, 5.74) is 0. The molecule has 0 heterocycles. The monoisotopic (exact) mass is 174 g/mol. The minimum atomic E-state index is -0.833. The highest BCUT2D eigenvalue weighted by atomic mass is 16.4. The van der Waals surface area contributed by atoms with Crippen LogP contribution in [-0.4, -0.2) is 11.1 Å². The molecule has 12 heavy (non-hydrogen) atoms. The van der Waals surface area contributed by atoms with E-state index in [1.807, 2.05) is 0 Å². The third kappa shape index (κ3) is 22.7. The van der Waals surface area contributed by atoms with E-state index in [1.54, 1.807) is 0 Å². The summed E-state index contributed by atoms with van der Waals surface area (Å²) < 4.78 is 0. The summed E-state index contributed by atoms with van der Waals surface area (Å²) in [6, 6.07) is 0. The number of hydrogen-bond donors (Lipinski definition) is 1. The zero-order chi connectivity index (χ0) is 9.98. The highest BCUT2D eigenvalue weighted by Crippen LogP contribution is 2.10. The molecule has 0 radical (unpaired) electrons. The molecule has 0 fully saturated rings. The van der Waals surface area contributed by atoms with Crippen LogP contribution in [-0.2, 0) is 4.79 Å². The standard InChI is InChI=1S/C8H18.C2H4O2/c1-4-6-8(3)7-5-2;1-2(3)4/h8H,4-7H2,1-3H3;1H3,(H,3,4). The molecule has 0 rings (SSSR count). The lowest BCUT2D eigenvalue weighted by atomic mass is 10.0. The molecule has 0 aliphatic carbocycles. The van der Waals surface area contributed by atoms with Gasteiger partial charge in [-0.25, -0.2) is 0 Å². The fourth-order valence-electron chi connectivity index (χ4n) is 1.13. The molecule has 74 valence electrons. The SMILES string of the molecule is CC(=O)O.CCCC(C)CCC. The summed E-state index contributed by atoms with van der Waals surface area (Å²) in [6.07, 6.45) is 5.52. The first kappa shape index (κ1) is 14.0. The lowest BCUT2D eigenvalue weighted by molar-refractivity contribution is -0.134. The molecular formula is C10H22O2. The topological polar surface area (TPSA) is 37.3 Å². The van der Waals surface area contributed by atoms with E-state index in [4.69, 9.17) is 9.90 Å². The van der Waals surface area contributed by atoms with E-state index in [9.17, 15) is 0 Å². The van der Waals surface area contributed by atoms with E-state index in [1.165, 1.54) is 25.7 Å². The Hall–Kier alpha value is -0.530. The maximum absolute atomic E-state index is 9.00. The van der Waals surface area contributed by atoms with Gasteiger partial charge in [-0.15, -0.1) is 0 Å². The van der Waals surface area contributed by atoms with Crippen molar-refractivity contribution in [2.45, 2.75) is 53.4 Å². The van der Waals surface area contributed by atoms with E-state index in [-0.39, 0.29) is 0 Å². The number of carboxylic acids is 1. The number of hydrogen-bond acceptors (Lipinski definition) is 1. The van der Waals surface area contributed by atoms with E-state index >= 15 is 0 Å². The second-order valence-corrected chi connectivity index (χ2v) is 3.20.